The van der Waals surface area contributed by atoms with Crippen LogP contribution in [0.2, 0.25) is 0 Å². The third-order valence-electron chi connectivity index (χ3n) is 2.98. The zero-order valence-corrected chi connectivity index (χ0v) is 12.7. The van der Waals surface area contributed by atoms with E-state index in [9.17, 15) is 0 Å². The fourth-order valence-corrected chi connectivity index (χ4v) is 2.26. The summed E-state index contributed by atoms with van der Waals surface area (Å²) in [4.78, 5) is 7.65. The first-order valence-corrected chi connectivity index (χ1v) is 6.91. The van der Waals surface area contributed by atoms with Crippen LogP contribution >= 0.6 is 12.2 Å². The molecule has 2 aromatic rings. The Bertz CT molecular complexity index is 653. The number of hydrogen-bond donors (Lipinski definition) is 1. The molecule has 0 radical (unpaired) electrons. The van der Waals surface area contributed by atoms with Crippen molar-refractivity contribution in [3.05, 3.63) is 34.7 Å². The van der Waals surface area contributed by atoms with Crippen LogP contribution in [0.3, 0.4) is 0 Å². The predicted octanol–water partition coefficient (Wildman–Crippen LogP) is 3.78. The Hall–Kier alpha value is -1.88. The molecule has 0 amide bonds. The molecule has 0 fully saturated rings. The molecular weight excluding hydrogens is 272 g/mol. The van der Waals surface area contributed by atoms with Crippen molar-refractivity contribution in [1.82, 2.24) is 9.97 Å². The maximum atomic E-state index is 5.41. The number of benzene rings is 1. The zero-order valence-electron chi connectivity index (χ0n) is 11.9. The lowest BCUT2D eigenvalue weighted by Crippen LogP contribution is -1.98. The minimum Gasteiger partial charge on any atom is -0.497 e. The number of rotatable bonds is 5. The quantitative estimate of drug-likeness (QED) is 0.851. The lowest BCUT2D eigenvalue weighted by atomic mass is 10.1. The molecule has 1 heterocycles. The molecule has 5 heteroatoms. The standard InChI is InChI=1S/C15H18N2O2S/c1-4-5-14-16-12(9-15(20)17-14)11-8-10(18-2)6-7-13(11)19-3/h6-9H,4-5H2,1-3H3,(H,16,17,20). The highest BCUT2D eigenvalue weighted by Crippen LogP contribution is 2.32. The van der Waals surface area contributed by atoms with Gasteiger partial charge in [-0.15, -0.1) is 0 Å². The summed E-state index contributed by atoms with van der Waals surface area (Å²) < 4.78 is 11.3. The van der Waals surface area contributed by atoms with Crippen LogP contribution in [0.1, 0.15) is 19.2 Å². The minimum absolute atomic E-state index is 0.576. The highest BCUT2D eigenvalue weighted by Gasteiger charge is 2.09. The number of ether oxygens (including phenoxy) is 2. The maximum Gasteiger partial charge on any atom is 0.130 e. The molecule has 0 atom stereocenters. The van der Waals surface area contributed by atoms with Crippen molar-refractivity contribution in [2.45, 2.75) is 19.8 Å². The Morgan fingerprint density at radius 1 is 1.20 bits per heavy atom. The van der Waals surface area contributed by atoms with E-state index in [2.05, 4.69) is 16.9 Å². The number of methoxy groups -OCH3 is 2. The molecule has 0 aliphatic carbocycles. The fraction of sp³-hybridized carbons (Fsp3) is 0.333. The molecule has 0 saturated carbocycles. The van der Waals surface area contributed by atoms with Gasteiger partial charge in [-0.3, -0.25) is 0 Å². The van der Waals surface area contributed by atoms with Crippen LogP contribution in [-0.2, 0) is 6.42 Å². The summed E-state index contributed by atoms with van der Waals surface area (Å²) in [7, 11) is 3.29. The SMILES string of the molecule is CCCc1nc(=S)cc(-c2cc(OC)ccc2OC)[nH]1. The van der Waals surface area contributed by atoms with E-state index in [0.717, 1.165) is 41.4 Å². The van der Waals surface area contributed by atoms with Crippen LogP contribution in [0, 0.1) is 4.64 Å². The van der Waals surface area contributed by atoms with Crippen molar-refractivity contribution in [2.75, 3.05) is 14.2 Å². The second-order valence-corrected chi connectivity index (χ2v) is 4.81. The number of aromatic nitrogens is 2. The molecule has 20 heavy (non-hydrogen) atoms. The van der Waals surface area contributed by atoms with E-state index in [1.807, 2.05) is 24.3 Å². The fourth-order valence-electron chi connectivity index (χ4n) is 2.03. The van der Waals surface area contributed by atoms with E-state index >= 15 is 0 Å². The highest BCUT2D eigenvalue weighted by molar-refractivity contribution is 7.71. The van der Waals surface area contributed by atoms with E-state index < -0.39 is 0 Å². The van der Waals surface area contributed by atoms with Crippen molar-refractivity contribution < 1.29 is 9.47 Å². The van der Waals surface area contributed by atoms with Gasteiger partial charge in [-0.05, 0) is 30.7 Å². The van der Waals surface area contributed by atoms with Gasteiger partial charge in [0.15, 0.2) is 0 Å². The molecule has 0 aliphatic heterocycles. The molecule has 0 aliphatic rings. The predicted molar refractivity (Wildman–Crippen MR) is 82.0 cm³/mol. The Morgan fingerprint density at radius 3 is 2.65 bits per heavy atom. The summed E-state index contributed by atoms with van der Waals surface area (Å²) in [5, 5.41) is 0. The second-order valence-electron chi connectivity index (χ2n) is 4.40. The Kier molecular flexibility index (Phi) is 4.74. The number of hydrogen-bond acceptors (Lipinski definition) is 4. The summed E-state index contributed by atoms with van der Waals surface area (Å²) in [5.41, 5.74) is 1.81. The van der Waals surface area contributed by atoms with Crippen LogP contribution in [0.15, 0.2) is 24.3 Å². The largest absolute Gasteiger partial charge is 0.497 e. The average molecular weight is 290 g/mol. The van der Waals surface area contributed by atoms with Gasteiger partial charge in [0.05, 0.1) is 19.9 Å². The van der Waals surface area contributed by atoms with Crippen LogP contribution in [0.5, 0.6) is 11.5 Å². The number of aromatic amines is 1. The summed E-state index contributed by atoms with van der Waals surface area (Å²) in [6.45, 7) is 2.11. The minimum atomic E-state index is 0.576. The molecule has 0 saturated heterocycles. The lowest BCUT2D eigenvalue weighted by Gasteiger charge is -2.11. The summed E-state index contributed by atoms with van der Waals surface area (Å²) in [6, 6.07) is 7.51. The van der Waals surface area contributed by atoms with E-state index in [-0.39, 0.29) is 0 Å². The zero-order chi connectivity index (χ0) is 14.5. The number of nitrogens with one attached hydrogen (secondary N) is 1. The van der Waals surface area contributed by atoms with Crippen molar-refractivity contribution in [1.29, 1.82) is 0 Å². The van der Waals surface area contributed by atoms with Gasteiger partial charge in [-0.2, -0.15) is 0 Å². The first-order valence-electron chi connectivity index (χ1n) is 6.50. The van der Waals surface area contributed by atoms with Crippen molar-refractivity contribution in [3.8, 4) is 22.8 Å². The van der Waals surface area contributed by atoms with Gasteiger partial charge in [0, 0.05) is 12.0 Å². The lowest BCUT2D eigenvalue weighted by molar-refractivity contribution is 0.404. The van der Waals surface area contributed by atoms with E-state index in [0.29, 0.717) is 4.64 Å². The molecule has 1 N–H and O–H groups in total. The van der Waals surface area contributed by atoms with Crippen LogP contribution < -0.4 is 9.47 Å². The van der Waals surface area contributed by atoms with Gasteiger partial charge in [-0.25, -0.2) is 4.98 Å². The number of aryl methyl sites for hydroxylation is 1. The molecule has 0 unspecified atom stereocenters. The summed E-state index contributed by atoms with van der Waals surface area (Å²) in [5.74, 6) is 2.43. The molecule has 4 nitrogen and oxygen atoms in total. The van der Waals surface area contributed by atoms with E-state index in [4.69, 9.17) is 21.7 Å². The summed E-state index contributed by atoms with van der Waals surface area (Å²) in [6.07, 6.45) is 1.88. The maximum absolute atomic E-state index is 5.41. The van der Waals surface area contributed by atoms with Crippen LogP contribution in [0.4, 0.5) is 0 Å². The Morgan fingerprint density at radius 2 is 2.00 bits per heavy atom. The van der Waals surface area contributed by atoms with Gasteiger partial charge in [0.25, 0.3) is 0 Å². The third kappa shape index (κ3) is 3.17. The summed E-state index contributed by atoms with van der Waals surface area (Å²) >= 11 is 5.24. The molecule has 1 aromatic carbocycles. The molecule has 0 spiro atoms. The van der Waals surface area contributed by atoms with Gasteiger partial charge >= 0.3 is 0 Å². The normalized spacial score (nSPS) is 10.3. The van der Waals surface area contributed by atoms with Crippen molar-refractivity contribution in [2.24, 2.45) is 0 Å². The van der Waals surface area contributed by atoms with Crippen molar-refractivity contribution >= 4 is 12.2 Å². The topological polar surface area (TPSA) is 47.1 Å². The third-order valence-corrected chi connectivity index (χ3v) is 3.18. The average Bonchev–Trinajstić information content (AvgIpc) is 2.46. The number of H-pyrrole nitrogens is 1. The number of nitrogens with zero attached hydrogens (tertiary/aromatic N) is 1. The van der Waals surface area contributed by atoms with E-state index in [1.165, 1.54) is 0 Å². The molecule has 1 aromatic heterocycles. The monoisotopic (exact) mass is 290 g/mol. The van der Waals surface area contributed by atoms with Gasteiger partial charge < -0.3 is 14.5 Å². The Labute approximate surface area is 123 Å². The molecule has 106 valence electrons. The van der Waals surface area contributed by atoms with Gasteiger partial charge in [0.1, 0.15) is 22.0 Å². The highest BCUT2D eigenvalue weighted by atomic mass is 32.1. The first-order chi connectivity index (χ1) is 9.67. The second kappa shape index (κ2) is 6.52. The first kappa shape index (κ1) is 14.5. The van der Waals surface area contributed by atoms with E-state index in [1.54, 1.807) is 14.2 Å². The van der Waals surface area contributed by atoms with Gasteiger partial charge in [-0.1, -0.05) is 19.1 Å². The molecule has 2 rings (SSSR count). The smallest absolute Gasteiger partial charge is 0.130 e. The molecule has 0 bridgehead atoms. The van der Waals surface area contributed by atoms with Gasteiger partial charge in [0.2, 0.25) is 0 Å². The van der Waals surface area contributed by atoms with Crippen LogP contribution in [-0.4, -0.2) is 24.2 Å². The van der Waals surface area contributed by atoms with Crippen LogP contribution in [0.25, 0.3) is 11.3 Å². The van der Waals surface area contributed by atoms with Crippen molar-refractivity contribution in [3.63, 3.8) is 0 Å². The molecular formula is C15H18N2O2S. The Balaban J connectivity index is 2.57.